The van der Waals surface area contributed by atoms with Gasteiger partial charge < -0.3 is 10.1 Å². The quantitative estimate of drug-likeness (QED) is 0.292. The summed E-state index contributed by atoms with van der Waals surface area (Å²) in [5, 5.41) is 13.4. The van der Waals surface area contributed by atoms with Crippen LogP contribution in [-0.2, 0) is 16.0 Å². The lowest BCUT2D eigenvalue weighted by atomic mass is 9.90. The van der Waals surface area contributed by atoms with Crippen molar-refractivity contribution in [3.8, 4) is 11.1 Å². The van der Waals surface area contributed by atoms with Crippen LogP contribution in [0.15, 0.2) is 73.2 Å². The van der Waals surface area contributed by atoms with Crippen LogP contribution >= 0.6 is 11.6 Å². The highest BCUT2D eigenvalue weighted by molar-refractivity contribution is 6.30. The molecule has 0 radical (unpaired) electrons. The van der Waals surface area contributed by atoms with E-state index in [1.807, 2.05) is 12.1 Å². The van der Waals surface area contributed by atoms with Crippen LogP contribution in [0.25, 0.3) is 11.1 Å². The Balaban J connectivity index is 1.59. The summed E-state index contributed by atoms with van der Waals surface area (Å²) in [5.74, 6) is -1.84. The van der Waals surface area contributed by atoms with E-state index in [9.17, 15) is 14.0 Å². The van der Waals surface area contributed by atoms with Gasteiger partial charge in [-0.1, -0.05) is 41.9 Å². The fraction of sp³-hybridized carbons (Fsp3) is 0.222. The Bertz CT molecular complexity index is 1330. The van der Waals surface area contributed by atoms with Crippen molar-refractivity contribution in [3.05, 3.63) is 101 Å². The Morgan fingerprint density at radius 2 is 1.95 bits per heavy atom. The minimum Gasteiger partial charge on any atom is -0.466 e. The lowest BCUT2D eigenvalue weighted by molar-refractivity contribution is -0.145. The number of amides is 1. The monoisotopic (exact) mass is 521 g/mol. The molecule has 0 saturated heterocycles. The lowest BCUT2D eigenvalue weighted by Gasteiger charge is -2.24. The molecule has 0 aliphatic rings. The third-order valence-corrected chi connectivity index (χ3v) is 6.07. The number of rotatable bonds is 10. The molecule has 2 heterocycles. The molecular weight excluding hydrogens is 497 g/mol. The van der Waals surface area contributed by atoms with Crippen LogP contribution in [0, 0.1) is 5.82 Å². The number of hydrogen-bond donors (Lipinski definition) is 2. The van der Waals surface area contributed by atoms with Gasteiger partial charge in [-0.3, -0.25) is 14.6 Å². The summed E-state index contributed by atoms with van der Waals surface area (Å²) in [6, 6.07) is 14.8. The number of benzene rings is 2. The topological polar surface area (TPSA) is 110 Å². The number of aromatic nitrogens is 4. The first-order valence-electron chi connectivity index (χ1n) is 11.7. The van der Waals surface area contributed by atoms with Crippen LogP contribution < -0.4 is 5.32 Å². The minimum absolute atomic E-state index is 0.130. The number of pyridine rings is 1. The molecule has 2 aromatic carbocycles. The van der Waals surface area contributed by atoms with Gasteiger partial charge in [-0.25, -0.2) is 4.39 Å². The molecule has 1 amide bonds. The molecule has 2 N–H and O–H groups in total. The van der Waals surface area contributed by atoms with E-state index in [2.05, 4.69) is 25.7 Å². The summed E-state index contributed by atoms with van der Waals surface area (Å²) in [6.07, 6.45) is 5.23. The largest absolute Gasteiger partial charge is 0.466 e. The zero-order chi connectivity index (χ0) is 26.2. The van der Waals surface area contributed by atoms with Crippen LogP contribution in [0.4, 0.5) is 4.39 Å². The summed E-state index contributed by atoms with van der Waals surface area (Å²) in [6.45, 7) is 1.97. The maximum Gasteiger partial charge on any atom is 0.313 e. The van der Waals surface area contributed by atoms with Crippen molar-refractivity contribution in [1.29, 1.82) is 0 Å². The van der Waals surface area contributed by atoms with Crippen LogP contribution in [-0.4, -0.2) is 44.9 Å². The third kappa shape index (κ3) is 6.77. The molecule has 37 heavy (non-hydrogen) atoms. The number of ether oxygens (including phenoxy) is 1. The van der Waals surface area contributed by atoms with E-state index in [1.54, 1.807) is 49.6 Å². The number of H-pyrrole nitrogens is 1. The van der Waals surface area contributed by atoms with Gasteiger partial charge >= 0.3 is 5.97 Å². The van der Waals surface area contributed by atoms with Crippen LogP contribution in [0.3, 0.4) is 0 Å². The van der Waals surface area contributed by atoms with Gasteiger partial charge in [-0.15, -0.1) is 0 Å². The predicted molar refractivity (Wildman–Crippen MR) is 136 cm³/mol. The van der Waals surface area contributed by atoms with E-state index < -0.39 is 23.8 Å². The Kier molecular flexibility index (Phi) is 8.58. The molecule has 0 spiro atoms. The number of aromatic amines is 1. The van der Waals surface area contributed by atoms with Gasteiger partial charge in [0, 0.05) is 29.0 Å². The summed E-state index contributed by atoms with van der Waals surface area (Å²) in [7, 11) is 0. The van der Waals surface area contributed by atoms with Crippen LogP contribution in [0.5, 0.6) is 0 Å². The zero-order valence-electron chi connectivity index (χ0n) is 20.0. The molecule has 2 atom stereocenters. The van der Waals surface area contributed by atoms with Gasteiger partial charge in [0.1, 0.15) is 5.82 Å². The van der Waals surface area contributed by atoms with Crippen molar-refractivity contribution >= 4 is 23.5 Å². The number of esters is 1. The number of carbonyl (C=O) groups is 2. The Morgan fingerprint density at radius 3 is 2.62 bits per heavy atom. The molecule has 2 aromatic heterocycles. The van der Waals surface area contributed by atoms with E-state index in [0.717, 1.165) is 5.56 Å². The molecule has 0 aliphatic carbocycles. The summed E-state index contributed by atoms with van der Waals surface area (Å²) in [5.41, 5.74) is 2.77. The summed E-state index contributed by atoms with van der Waals surface area (Å²) < 4.78 is 19.6. The standard InChI is InChI=1S/C27H25ClFN5O3/c1-2-37-27(36)23(19-4-3-11-30-15-19)14-21(32-26(35)25-16-31-34-33-25)12-17-5-7-18(8-6-17)22-13-20(28)9-10-24(22)29/h3-11,13,15-16,21,23H,2,12,14H2,1H3,(H,32,35)(H,31,33,34). The van der Waals surface area contributed by atoms with Gasteiger partial charge in [0.05, 0.1) is 18.7 Å². The van der Waals surface area contributed by atoms with E-state index >= 15 is 0 Å². The predicted octanol–water partition coefficient (Wildman–Crippen LogP) is 4.74. The first-order chi connectivity index (χ1) is 17.9. The second-order valence-electron chi connectivity index (χ2n) is 8.38. The first kappa shape index (κ1) is 26.0. The van der Waals surface area contributed by atoms with Crippen molar-refractivity contribution in [3.63, 3.8) is 0 Å². The second kappa shape index (κ2) is 12.2. The average molecular weight is 522 g/mol. The van der Waals surface area contributed by atoms with E-state index in [4.69, 9.17) is 16.3 Å². The lowest BCUT2D eigenvalue weighted by Crippen LogP contribution is -2.39. The normalized spacial score (nSPS) is 12.5. The molecule has 2 unspecified atom stereocenters. The minimum atomic E-state index is -0.643. The number of carbonyl (C=O) groups excluding carboxylic acids is 2. The van der Waals surface area contributed by atoms with Crippen molar-refractivity contribution < 1.29 is 18.7 Å². The van der Waals surface area contributed by atoms with Gasteiger partial charge in [0.15, 0.2) is 5.69 Å². The SMILES string of the molecule is CCOC(=O)C(CC(Cc1ccc(-c2cc(Cl)ccc2F)cc1)NC(=O)c1cn[nH]n1)c1cccnc1. The van der Waals surface area contributed by atoms with Crippen molar-refractivity contribution in [1.82, 2.24) is 25.7 Å². The Morgan fingerprint density at radius 1 is 1.14 bits per heavy atom. The molecule has 4 aromatic rings. The molecular formula is C27H25ClFN5O3. The Hall–Kier alpha value is -4.11. The smallest absolute Gasteiger partial charge is 0.313 e. The maximum absolute atomic E-state index is 14.3. The molecule has 190 valence electrons. The highest BCUT2D eigenvalue weighted by Crippen LogP contribution is 2.28. The maximum atomic E-state index is 14.3. The number of nitrogens with one attached hydrogen (secondary N) is 2. The van der Waals surface area contributed by atoms with Crippen molar-refractivity contribution in [2.75, 3.05) is 6.61 Å². The van der Waals surface area contributed by atoms with Gasteiger partial charge in [-0.05, 0) is 60.7 Å². The Labute approximate surface area is 218 Å². The highest BCUT2D eigenvalue weighted by atomic mass is 35.5. The molecule has 8 nitrogen and oxygen atoms in total. The summed E-state index contributed by atoms with van der Waals surface area (Å²) >= 11 is 6.04. The van der Waals surface area contributed by atoms with E-state index in [-0.39, 0.29) is 24.5 Å². The number of nitrogens with zero attached hydrogens (tertiary/aromatic N) is 3. The summed E-state index contributed by atoms with van der Waals surface area (Å²) in [4.78, 5) is 29.8. The molecule has 10 heteroatoms. The number of halogens is 2. The zero-order valence-corrected chi connectivity index (χ0v) is 20.8. The van der Waals surface area contributed by atoms with E-state index in [0.29, 0.717) is 28.1 Å². The average Bonchev–Trinajstić information content (AvgIpc) is 3.45. The van der Waals surface area contributed by atoms with Crippen LogP contribution in [0.2, 0.25) is 5.02 Å². The third-order valence-electron chi connectivity index (χ3n) is 5.84. The van der Waals surface area contributed by atoms with E-state index in [1.165, 1.54) is 18.3 Å². The fourth-order valence-electron chi connectivity index (χ4n) is 4.07. The second-order valence-corrected chi connectivity index (χ2v) is 8.81. The van der Waals surface area contributed by atoms with Gasteiger partial charge in [0.25, 0.3) is 5.91 Å². The fourth-order valence-corrected chi connectivity index (χ4v) is 4.24. The molecule has 0 saturated carbocycles. The highest BCUT2D eigenvalue weighted by Gasteiger charge is 2.28. The number of hydrogen-bond acceptors (Lipinski definition) is 6. The van der Waals surface area contributed by atoms with Crippen LogP contribution in [0.1, 0.15) is 40.9 Å². The van der Waals surface area contributed by atoms with Gasteiger partial charge in [0.2, 0.25) is 0 Å². The molecule has 4 rings (SSSR count). The van der Waals surface area contributed by atoms with Crippen molar-refractivity contribution in [2.45, 2.75) is 31.7 Å². The molecule has 0 fully saturated rings. The van der Waals surface area contributed by atoms with Crippen molar-refractivity contribution in [2.24, 2.45) is 0 Å². The van der Waals surface area contributed by atoms with Gasteiger partial charge in [-0.2, -0.15) is 15.4 Å². The molecule has 0 aliphatic heterocycles. The first-order valence-corrected chi connectivity index (χ1v) is 12.1. The molecule has 0 bridgehead atoms.